The Hall–Kier alpha value is -2.29. The largest absolute Gasteiger partial charge is 0.484 e. The molecule has 0 aliphatic carbocycles. The molecule has 1 heterocycles. The molecule has 0 bridgehead atoms. The lowest BCUT2D eigenvalue weighted by Crippen LogP contribution is -2.47. The summed E-state index contributed by atoms with van der Waals surface area (Å²) < 4.78 is 6.58. The molecule has 6 nitrogen and oxygen atoms in total. The predicted octanol–water partition coefficient (Wildman–Crippen LogP) is 1.92. The monoisotopic (exact) mass is 465 g/mol. The maximum atomic E-state index is 11.9. The molecule has 1 aliphatic heterocycles. The van der Waals surface area contributed by atoms with Gasteiger partial charge in [-0.15, -0.1) is 0 Å². The molecule has 0 atom stereocenters. The lowest BCUT2D eigenvalue weighted by Gasteiger charge is -2.28. The van der Waals surface area contributed by atoms with Crippen molar-refractivity contribution in [3.05, 3.63) is 57.7 Å². The molecule has 7 heteroatoms. The number of ether oxygens (including phenoxy) is 1. The van der Waals surface area contributed by atoms with Gasteiger partial charge < -0.3 is 20.3 Å². The molecule has 0 saturated carbocycles. The Morgan fingerprint density at radius 3 is 2.58 bits per heavy atom. The molecular weight excluding hydrogens is 445 g/mol. The summed E-state index contributed by atoms with van der Waals surface area (Å²) in [6.07, 6.45) is 0. The van der Waals surface area contributed by atoms with Crippen molar-refractivity contribution in [3.63, 3.8) is 0 Å². The van der Waals surface area contributed by atoms with Gasteiger partial charge in [-0.1, -0.05) is 12.1 Å². The number of anilines is 1. The van der Waals surface area contributed by atoms with Gasteiger partial charge in [0.05, 0.1) is 6.54 Å². The van der Waals surface area contributed by atoms with Crippen molar-refractivity contribution in [2.24, 2.45) is 0 Å². The summed E-state index contributed by atoms with van der Waals surface area (Å²) >= 11 is 2.22. The Morgan fingerprint density at radius 2 is 1.88 bits per heavy atom. The zero-order chi connectivity index (χ0) is 18.4. The summed E-state index contributed by atoms with van der Waals surface area (Å²) in [5.41, 5.74) is 2.01. The van der Waals surface area contributed by atoms with Crippen molar-refractivity contribution in [1.29, 1.82) is 0 Å². The molecule has 0 unspecified atom stereocenters. The van der Waals surface area contributed by atoms with E-state index in [1.54, 1.807) is 0 Å². The molecule has 2 N–H and O–H groups in total. The SMILES string of the molecule is O=C(COc1ccc(I)cc1)NCc1ccc(N2CCNC(=O)C2)cc1. The first-order valence-electron chi connectivity index (χ1n) is 8.36. The summed E-state index contributed by atoms with van der Waals surface area (Å²) in [4.78, 5) is 25.4. The summed E-state index contributed by atoms with van der Waals surface area (Å²) in [6.45, 7) is 2.28. The normalized spacial score (nSPS) is 13.9. The molecule has 26 heavy (non-hydrogen) atoms. The molecule has 2 aromatic carbocycles. The number of rotatable bonds is 6. The van der Waals surface area contributed by atoms with Gasteiger partial charge in [0.15, 0.2) is 6.61 Å². The van der Waals surface area contributed by atoms with Gasteiger partial charge in [-0.05, 0) is 64.6 Å². The van der Waals surface area contributed by atoms with Crippen molar-refractivity contribution in [2.75, 3.05) is 31.1 Å². The number of amides is 2. The van der Waals surface area contributed by atoms with E-state index < -0.39 is 0 Å². The van der Waals surface area contributed by atoms with Crippen LogP contribution in [0.2, 0.25) is 0 Å². The molecule has 0 radical (unpaired) electrons. The number of halogens is 1. The highest BCUT2D eigenvalue weighted by Gasteiger charge is 2.16. The van der Waals surface area contributed by atoms with Crippen LogP contribution in [0.15, 0.2) is 48.5 Å². The maximum Gasteiger partial charge on any atom is 0.258 e. The van der Waals surface area contributed by atoms with Crippen LogP contribution in [0.1, 0.15) is 5.56 Å². The molecule has 1 aliphatic rings. The van der Waals surface area contributed by atoms with Crippen LogP contribution in [0.4, 0.5) is 5.69 Å². The average molecular weight is 465 g/mol. The minimum absolute atomic E-state index is 0.0123. The summed E-state index contributed by atoms with van der Waals surface area (Å²) in [5.74, 6) is 0.552. The quantitative estimate of drug-likeness (QED) is 0.640. The summed E-state index contributed by atoms with van der Waals surface area (Å²) in [6, 6.07) is 15.4. The number of nitrogens with one attached hydrogen (secondary N) is 2. The number of piperazine rings is 1. The number of hydrogen-bond donors (Lipinski definition) is 2. The molecule has 0 aromatic heterocycles. The fourth-order valence-electron chi connectivity index (χ4n) is 2.61. The number of benzene rings is 2. The van der Waals surface area contributed by atoms with Crippen LogP contribution >= 0.6 is 22.6 Å². The third kappa shape index (κ3) is 5.35. The van der Waals surface area contributed by atoms with Crippen LogP contribution < -0.4 is 20.3 Å². The van der Waals surface area contributed by atoms with E-state index in [2.05, 4.69) is 33.2 Å². The first kappa shape index (κ1) is 18.5. The topological polar surface area (TPSA) is 70.7 Å². The lowest BCUT2D eigenvalue weighted by atomic mass is 10.2. The second-order valence-electron chi connectivity index (χ2n) is 5.96. The molecule has 2 amide bonds. The van der Waals surface area contributed by atoms with Gasteiger partial charge in [0.25, 0.3) is 5.91 Å². The van der Waals surface area contributed by atoms with Gasteiger partial charge in [0.1, 0.15) is 5.75 Å². The molecule has 1 fully saturated rings. The van der Waals surface area contributed by atoms with E-state index in [0.29, 0.717) is 25.4 Å². The van der Waals surface area contributed by atoms with Gasteiger partial charge in [-0.2, -0.15) is 0 Å². The first-order chi connectivity index (χ1) is 12.6. The van der Waals surface area contributed by atoms with E-state index in [9.17, 15) is 9.59 Å². The third-order valence-corrected chi connectivity index (χ3v) is 4.73. The van der Waals surface area contributed by atoms with Gasteiger partial charge in [-0.25, -0.2) is 0 Å². The number of carbonyl (C=O) groups is 2. The van der Waals surface area contributed by atoms with E-state index in [1.807, 2.05) is 53.4 Å². The van der Waals surface area contributed by atoms with Gasteiger partial charge in [0.2, 0.25) is 5.91 Å². The predicted molar refractivity (Wildman–Crippen MR) is 108 cm³/mol. The zero-order valence-corrected chi connectivity index (χ0v) is 16.4. The van der Waals surface area contributed by atoms with E-state index in [1.165, 1.54) is 0 Å². The number of carbonyl (C=O) groups excluding carboxylic acids is 2. The fourth-order valence-corrected chi connectivity index (χ4v) is 2.97. The van der Waals surface area contributed by atoms with Crippen LogP contribution in [0.25, 0.3) is 0 Å². The zero-order valence-electron chi connectivity index (χ0n) is 14.2. The van der Waals surface area contributed by atoms with Gasteiger partial charge in [0, 0.05) is 28.9 Å². The highest BCUT2D eigenvalue weighted by molar-refractivity contribution is 14.1. The van der Waals surface area contributed by atoms with Crippen LogP contribution in [0, 0.1) is 3.57 Å². The summed E-state index contributed by atoms with van der Waals surface area (Å²) in [5, 5.41) is 5.66. The molecule has 1 saturated heterocycles. The molecule has 136 valence electrons. The van der Waals surface area contributed by atoms with Crippen molar-refractivity contribution in [3.8, 4) is 5.75 Å². The van der Waals surface area contributed by atoms with E-state index in [-0.39, 0.29) is 18.4 Å². The lowest BCUT2D eigenvalue weighted by molar-refractivity contribution is -0.123. The van der Waals surface area contributed by atoms with Crippen molar-refractivity contribution < 1.29 is 14.3 Å². The Bertz CT molecular complexity index is 763. The third-order valence-electron chi connectivity index (χ3n) is 4.01. The average Bonchev–Trinajstić information content (AvgIpc) is 2.66. The highest BCUT2D eigenvalue weighted by atomic mass is 127. The Balaban J connectivity index is 1.44. The first-order valence-corrected chi connectivity index (χ1v) is 9.44. The van der Waals surface area contributed by atoms with Crippen LogP contribution in [-0.4, -0.2) is 38.1 Å². The second-order valence-corrected chi connectivity index (χ2v) is 7.20. The van der Waals surface area contributed by atoms with Crippen molar-refractivity contribution in [2.45, 2.75) is 6.54 Å². The smallest absolute Gasteiger partial charge is 0.258 e. The summed E-state index contributed by atoms with van der Waals surface area (Å²) in [7, 11) is 0. The minimum atomic E-state index is -0.166. The van der Waals surface area contributed by atoms with Crippen LogP contribution in [-0.2, 0) is 16.1 Å². The second kappa shape index (κ2) is 8.88. The van der Waals surface area contributed by atoms with E-state index in [4.69, 9.17) is 4.74 Å². The maximum absolute atomic E-state index is 11.9. The fraction of sp³-hybridized carbons (Fsp3) is 0.263. The minimum Gasteiger partial charge on any atom is -0.484 e. The van der Waals surface area contributed by atoms with Crippen LogP contribution in [0.3, 0.4) is 0 Å². The number of nitrogens with zero attached hydrogens (tertiary/aromatic N) is 1. The van der Waals surface area contributed by atoms with E-state index >= 15 is 0 Å². The Kier molecular flexibility index (Phi) is 6.32. The molecule has 2 aromatic rings. The van der Waals surface area contributed by atoms with Crippen molar-refractivity contribution >= 4 is 40.1 Å². The standard InChI is InChI=1S/C19H20IN3O3/c20-15-3-7-17(8-4-15)26-13-19(25)22-11-14-1-5-16(6-2-14)23-10-9-21-18(24)12-23/h1-8H,9-13H2,(H,21,24)(H,22,25). The van der Waals surface area contributed by atoms with Gasteiger partial charge >= 0.3 is 0 Å². The van der Waals surface area contributed by atoms with Gasteiger partial charge in [-0.3, -0.25) is 9.59 Å². The van der Waals surface area contributed by atoms with E-state index in [0.717, 1.165) is 21.4 Å². The van der Waals surface area contributed by atoms with Crippen LogP contribution in [0.5, 0.6) is 5.75 Å². The number of hydrogen-bond acceptors (Lipinski definition) is 4. The molecular formula is C19H20IN3O3. The van der Waals surface area contributed by atoms with Crippen molar-refractivity contribution in [1.82, 2.24) is 10.6 Å². The Labute approximate surface area is 166 Å². The molecule has 0 spiro atoms. The Morgan fingerprint density at radius 1 is 1.15 bits per heavy atom. The highest BCUT2D eigenvalue weighted by Crippen LogP contribution is 2.16. The molecule has 3 rings (SSSR count).